The van der Waals surface area contributed by atoms with Gasteiger partial charge >= 0.3 is 0 Å². The van der Waals surface area contributed by atoms with Crippen molar-refractivity contribution in [3.63, 3.8) is 0 Å². The monoisotopic (exact) mass is 427 g/mol. The normalized spacial score (nSPS) is 17.4. The summed E-state index contributed by atoms with van der Waals surface area (Å²) in [7, 11) is 0. The fourth-order valence-corrected chi connectivity index (χ4v) is 3.38. The molecule has 27 heavy (non-hydrogen) atoms. The van der Waals surface area contributed by atoms with Crippen molar-refractivity contribution in [2.45, 2.75) is 26.0 Å². The van der Waals surface area contributed by atoms with Crippen LogP contribution in [0.5, 0.6) is 0 Å². The van der Waals surface area contributed by atoms with E-state index in [9.17, 15) is 4.79 Å². The smallest absolute Gasteiger partial charge is 0.257 e. The highest BCUT2D eigenvalue weighted by Gasteiger charge is 2.18. The maximum absolute atomic E-state index is 12.8. The van der Waals surface area contributed by atoms with E-state index in [0.717, 1.165) is 16.5 Å². The highest BCUT2D eigenvalue weighted by molar-refractivity contribution is 9.10. The zero-order valence-electron chi connectivity index (χ0n) is 14.7. The van der Waals surface area contributed by atoms with Gasteiger partial charge < -0.3 is 14.6 Å². The molecule has 0 fully saturated rings. The zero-order chi connectivity index (χ0) is 18.8. The molecule has 0 spiro atoms. The van der Waals surface area contributed by atoms with Crippen molar-refractivity contribution in [3.8, 4) is 11.5 Å². The highest BCUT2D eigenvalue weighted by atomic mass is 79.9. The summed E-state index contributed by atoms with van der Waals surface area (Å²) in [4.78, 5) is 17.4. The van der Waals surface area contributed by atoms with Crippen molar-refractivity contribution in [1.29, 1.82) is 0 Å². The van der Waals surface area contributed by atoms with Gasteiger partial charge in [-0.2, -0.15) is 0 Å². The van der Waals surface area contributed by atoms with Gasteiger partial charge in [0.25, 0.3) is 5.91 Å². The molecule has 0 saturated carbocycles. The maximum atomic E-state index is 12.8. The van der Waals surface area contributed by atoms with E-state index >= 15 is 0 Å². The van der Waals surface area contributed by atoms with Crippen molar-refractivity contribution in [2.24, 2.45) is 0 Å². The van der Waals surface area contributed by atoms with Crippen LogP contribution in [-0.4, -0.2) is 32.3 Å². The maximum Gasteiger partial charge on any atom is 0.257 e. The number of halogens is 1. The van der Waals surface area contributed by atoms with Gasteiger partial charge in [0.2, 0.25) is 0 Å². The Morgan fingerprint density at radius 3 is 3.07 bits per heavy atom. The fraction of sp³-hybridized carbons (Fsp3) is 0.263. The molecular weight excluding hydrogens is 410 g/mol. The second kappa shape index (κ2) is 7.58. The van der Waals surface area contributed by atoms with E-state index in [2.05, 4.69) is 43.4 Å². The minimum Gasteiger partial charge on any atom is -0.377 e. The predicted molar refractivity (Wildman–Crippen MR) is 104 cm³/mol. The quantitative estimate of drug-likeness (QED) is 0.589. The predicted octanol–water partition coefficient (Wildman–Crippen LogP) is 3.84. The number of pyridine rings is 1. The summed E-state index contributed by atoms with van der Waals surface area (Å²) in [6.45, 7) is 3.02. The van der Waals surface area contributed by atoms with Crippen LogP contribution in [0.15, 0.2) is 47.2 Å². The number of benzene rings is 1. The van der Waals surface area contributed by atoms with Crippen molar-refractivity contribution in [3.05, 3.63) is 58.3 Å². The Morgan fingerprint density at radius 1 is 1.30 bits per heavy atom. The summed E-state index contributed by atoms with van der Waals surface area (Å²) in [6.07, 6.45) is 2.49. The van der Waals surface area contributed by atoms with E-state index in [1.54, 1.807) is 18.5 Å². The van der Waals surface area contributed by atoms with E-state index in [4.69, 9.17) is 4.74 Å². The van der Waals surface area contributed by atoms with E-state index in [1.165, 1.54) is 0 Å². The molecule has 1 aliphatic rings. The molecule has 138 valence electrons. The minimum atomic E-state index is -0.230. The van der Waals surface area contributed by atoms with Gasteiger partial charge in [0.1, 0.15) is 17.8 Å². The van der Waals surface area contributed by atoms with Crippen LogP contribution in [0.2, 0.25) is 0 Å². The molecule has 0 unspecified atom stereocenters. The fourth-order valence-electron chi connectivity index (χ4n) is 3.02. The number of ether oxygens (including phenoxy) is 1. The molecule has 0 radical (unpaired) electrons. The lowest BCUT2D eigenvalue weighted by molar-refractivity contribution is 0.0990. The Hall–Kier alpha value is -2.58. The molecule has 7 nitrogen and oxygen atoms in total. The third-order valence-corrected chi connectivity index (χ3v) is 5.02. The molecule has 1 atom stereocenters. The summed E-state index contributed by atoms with van der Waals surface area (Å²) >= 11 is 3.43. The van der Waals surface area contributed by atoms with Gasteiger partial charge in [0, 0.05) is 22.7 Å². The van der Waals surface area contributed by atoms with Gasteiger partial charge in [0.15, 0.2) is 5.82 Å². The van der Waals surface area contributed by atoms with Crippen molar-refractivity contribution < 1.29 is 9.53 Å². The molecule has 2 bridgehead atoms. The first kappa shape index (κ1) is 17.8. The number of rotatable bonds is 0. The van der Waals surface area contributed by atoms with Crippen LogP contribution < -0.4 is 5.32 Å². The summed E-state index contributed by atoms with van der Waals surface area (Å²) < 4.78 is 8.66. The molecule has 0 saturated heterocycles. The molecule has 3 heterocycles. The van der Waals surface area contributed by atoms with E-state index < -0.39 is 0 Å². The first-order valence-corrected chi connectivity index (χ1v) is 9.45. The second-order valence-corrected chi connectivity index (χ2v) is 7.33. The number of aromatic nitrogens is 4. The molecule has 1 N–H and O–H groups in total. The van der Waals surface area contributed by atoms with Crippen LogP contribution in [-0.2, 0) is 11.3 Å². The summed E-state index contributed by atoms with van der Waals surface area (Å²) in [5.74, 6) is 0.897. The van der Waals surface area contributed by atoms with Crippen LogP contribution in [0, 0.1) is 0 Å². The molecule has 0 aliphatic carbocycles. The van der Waals surface area contributed by atoms with Crippen LogP contribution in [0.1, 0.15) is 35.3 Å². The largest absolute Gasteiger partial charge is 0.377 e. The van der Waals surface area contributed by atoms with E-state index in [1.807, 2.05) is 28.8 Å². The summed E-state index contributed by atoms with van der Waals surface area (Å²) in [5.41, 5.74) is 2.05. The topological polar surface area (TPSA) is 81.9 Å². The van der Waals surface area contributed by atoms with E-state index in [0.29, 0.717) is 36.1 Å². The third-order valence-electron chi connectivity index (χ3n) is 4.52. The number of carbonyl (C=O) groups is 1. The van der Waals surface area contributed by atoms with Crippen molar-refractivity contribution in [2.75, 3.05) is 11.9 Å². The Kier molecular flexibility index (Phi) is 5.00. The van der Waals surface area contributed by atoms with Gasteiger partial charge in [-0.3, -0.25) is 4.79 Å². The molecular formula is C19H18BrN5O2. The lowest BCUT2D eigenvalue weighted by atomic mass is 10.1. The third kappa shape index (κ3) is 3.77. The number of nitrogens with zero attached hydrogens (tertiary/aromatic N) is 4. The van der Waals surface area contributed by atoms with Gasteiger partial charge in [-0.05, 0) is 43.2 Å². The number of amides is 1. The average Bonchev–Trinajstić information content (AvgIpc) is 3.15. The lowest BCUT2D eigenvalue weighted by Crippen LogP contribution is -2.17. The molecule has 1 aliphatic heterocycles. The lowest BCUT2D eigenvalue weighted by Gasteiger charge is -2.17. The van der Waals surface area contributed by atoms with Crippen LogP contribution >= 0.6 is 15.9 Å². The first-order valence-electron chi connectivity index (χ1n) is 8.66. The number of fused-ring (bicyclic) bond motifs is 5. The molecule has 8 heteroatoms. The number of hydrogen-bond donors (Lipinski definition) is 1. The summed E-state index contributed by atoms with van der Waals surface area (Å²) in [5, 5.41) is 11.1. The average molecular weight is 428 g/mol. The van der Waals surface area contributed by atoms with Gasteiger partial charge in [-0.25, -0.2) is 4.98 Å². The summed E-state index contributed by atoms with van der Waals surface area (Å²) in [6, 6.07) is 11.2. The zero-order valence-corrected chi connectivity index (χ0v) is 16.3. The Bertz CT molecular complexity index is 988. The van der Waals surface area contributed by atoms with Crippen LogP contribution in [0.25, 0.3) is 11.5 Å². The Balaban J connectivity index is 1.77. The number of hydrogen-bond acceptors (Lipinski definition) is 5. The van der Waals surface area contributed by atoms with Crippen LogP contribution in [0.3, 0.4) is 0 Å². The first-order chi connectivity index (χ1) is 13.1. The van der Waals surface area contributed by atoms with Gasteiger partial charge in [-0.1, -0.05) is 28.1 Å². The highest BCUT2D eigenvalue weighted by Crippen LogP contribution is 2.24. The molecule has 4 rings (SSSR count). The second-order valence-electron chi connectivity index (χ2n) is 6.42. The standard InChI is InChI=1S/C19H18BrN5O2/c1-12-7-8-27-10-13-5-6-14(20)9-15(13)19(26)23-17-4-2-3-16(22-17)18-24-21-11-25(12)18/h2-6,9,11-12H,7-8,10H2,1H3,(H,22,23,26)/t12-/m1/s1. The molecule has 1 amide bonds. The van der Waals surface area contributed by atoms with Gasteiger partial charge in [0.05, 0.1) is 6.61 Å². The molecule has 3 aromatic rings. The number of anilines is 1. The van der Waals surface area contributed by atoms with Crippen molar-refractivity contribution in [1.82, 2.24) is 19.7 Å². The van der Waals surface area contributed by atoms with Crippen LogP contribution in [0.4, 0.5) is 5.82 Å². The van der Waals surface area contributed by atoms with E-state index in [-0.39, 0.29) is 11.9 Å². The Labute approximate surface area is 164 Å². The van der Waals surface area contributed by atoms with Gasteiger partial charge in [-0.15, -0.1) is 10.2 Å². The number of nitrogens with one attached hydrogen (secondary N) is 1. The van der Waals surface area contributed by atoms with Crippen molar-refractivity contribution >= 4 is 27.7 Å². The SMILES string of the molecule is C[C@@H]1CCOCc2ccc(Br)cc2C(=O)Nc2cccc(n2)-c2nncn21. The molecule has 1 aromatic carbocycles. The Morgan fingerprint density at radius 2 is 2.19 bits per heavy atom. The molecule has 2 aromatic heterocycles. The number of carbonyl (C=O) groups excluding carboxylic acids is 1. The minimum absolute atomic E-state index is 0.155.